The predicted molar refractivity (Wildman–Crippen MR) is 74.5 cm³/mol. The Hall–Kier alpha value is -2.85. The molecule has 0 aliphatic carbocycles. The van der Waals surface area contributed by atoms with Crippen LogP contribution >= 0.6 is 0 Å². The number of aliphatic carboxylic acids is 1. The topological polar surface area (TPSA) is 101 Å². The molecule has 0 unspecified atom stereocenters. The number of aromatic nitrogens is 3. The Kier molecular flexibility index (Phi) is 4.23. The average molecular weight is 358 g/mol. The molecule has 0 bridgehead atoms. The van der Waals surface area contributed by atoms with Crippen LogP contribution in [0.1, 0.15) is 28.4 Å². The SMILES string of the molecule is O=C(O)[C@H]1CCN(C(=O)c2cc(Cn3ccc(C(F)(F)F)n3)on2)C1. The van der Waals surface area contributed by atoms with E-state index >= 15 is 0 Å². The largest absolute Gasteiger partial charge is 0.481 e. The van der Waals surface area contributed by atoms with Gasteiger partial charge in [0, 0.05) is 25.4 Å². The molecular formula is C14H13F3N4O4. The molecule has 1 N–H and O–H groups in total. The lowest BCUT2D eigenvalue weighted by Crippen LogP contribution is -2.30. The van der Waals surface area contributed by atoms with Crippen molar-refractivity contribution in [3.63, 3.8) is 0 Å². The molecule has 1 aliphatic heterocycles. The van der Waals surface area contributed by atoms with Gasteiger partial charge in [0.25, 0.3) is 5.91 Å². The zero-order valence-electron chi connectivity index (χ0n) is 12.7. The summed E-state index contributed by atoms with van der Waals surface area (Å²) >= 11 is 0. The first kappa shape index (κ1) is 17.0. The van der Waals surface area contributed by atoms with Crippen LogP contribution in [0, 0.1) is 5.92 Å². The zero-order valence-corrected chi connectivity index (χ0v) is 12.7. The van der Waals surface area contributed by atoms with Crippen LogP contribution in [0.15, 0.2) is 22.9 Å². The summed E-state index contributed by atoms with van der Waals surface area (Å²) in [5.41, 5.74) is -1.05. The van der Waals surface area contributed by atoms with Gasteiger partial charge in [0.05, 0.1) is 5.92 Å². The second kappa shape index (κ2) is 6.22. The standard InChI is InChI=1S/C14H13F3N4O4/c15-14(16,17)11-2-4-21(18-11)7-9-5-10(19-25-9)12(22)20-3-1-8(6-20)13(23)24/h2,4-5,8H,1,3,6-7H2,(H,23,24)/t8-/m0/s1. The van der Waals surface area contributed by atoms with Crippen LogP contribution in [0.3, 0.4) is 0 Å². The molecule has 25 heavy (non-hydrogen) atoms. The maximum absolute atomic E-state index is 12.5. The van der Waals surface area contributed by atoms with Gasteiger partial charge in [-0.15, -0.1) is 0 Å². The molecule has 0 spiro atoms. The van der Waals surface area contributed by atoms with E-state index in [2.05, 4.69) is 10.3 Å². The summed E-state index contributed by atoms with van der Waals surface area (Å²) in [6.07, 6.45) is -3.03. The zero-order chi connectivity index (χ0) is 18.2. The summed E-state index contributed by atoms with van der Waals surface area (Å²) in [6.45, 7) is 0.269. The van der Waals surface area contributed by atoms with Gasteiger partial charge >= 0.3 is 12.1 Å². The Morgan fingerprint density at radius 2 is 2.16 bits per heavy atom. The second-order valence-electron chi connectivity index (χ2n) is 5.65. The van der Waals surface area contributed by atoms with E-state index in [0.717, 1.165) is 16.9 Å². The van der Waals surface area contributed by atoms with Crippen molar-refractivity contribution in [1.29, 1.82) is 0 Å². The lowest BCUT2D eigenvalue weighted by Gasteiger charge is -2.13. The van der Waals surface area contributed by atoms with E-state index in [-0.39, 0.29) is 24.5 Å². The number of halogens is 3. The number of likely N-dealkylation sites (tertiary alicyclic amines) is 1. The minimum Gasteiger partial charge on any atom is -0.481 e. The molecule has 3 rings (SSSR count). The lowest BCUT2D eigenvalue weighted by molar-refractivity contribution is -0.142. The molecular weight excluding hydrogens is 345 g/mol. The number of alkyl halides is 3. The number of carboxylic acids is 1. The fraction of sp³-hybridized carbons (Fsp3) is 0.429. The summed E-state index contributed by atoms with van der Waals surface area (Å²) in [7, 11) is 0. The van der Waals surface area contributed by atoms with E-state index in [9.17, 15) is 22.8 Å². The summed E-state index contributed by atoms with van der Waals surface area (Å²) in [6, 6.07) is 2.14. The molecule has 3 heterocycles. The van der Waals surface area contributed by atoms with E-state index in [4.69, 9.17) is 9.63 Å². The van der Waals surface area contributed by atoms with E-state index in [1.807, 2.05) is 0 Å². The quantitative estimate of drug-likeness (QED) is 0.888. The summed E-state index contributed by atoms with van der Waals surface area (Å²) in [4.78, 5) is 24.5. The average Bonchev–Trinajstić information content (AvgIpc) is 3.26. The van der Waals surface area contributed by atoms with Crippen molar-refractivity contribution in [2.45, 2.75) is 19.1 Å². The van der Waals surface area contributed by atoms with Crippen molar-refractivity contribution in [3.8, 4) is 0 Å². The van der Waals surface area contributed by atoms with Crippen LogP contribution in [0.5, 0.6) is 0 Å². The Morgan fingerprint density at radius 1 is 1.40 bits per heavy atom. The number of rotatable bonds is 4. The number of nitrogens with zero attached hydrogens (tertiary/aromatic N) is 4. The van der Waals surface area contributed by atoms with Gasteiger partial charge in [-0.2, -0.15) is 18.3 Å². The Balaban J connectivity index is 1.65. The van der Waals surface area contributed by atoms with Gasteiger partial charge in [-0.05, 0) is 12.5 Å². The maximum Gasteiger partial charge on any atom is 0.435 e. The number of carbonyl (C=O) groups is 2. The van der Waals surface area contributed by atoms with Crippen molar-refractivity contribution in [1.82, 2.24) is 19.8 Å². The molecule has 1 saturated heterocycles. The van der Waals surface area contributed by atoms with Crippen molar-refractivity contribution in [2.75, 3.05) is 13.1 Å². The molecule has 134 valence electrons. The smallest absolute Gasteiger partial charge is 0.435 e. The van der Waals surface area contributed by atoms with Gasteiger partial charge in [-0.1, -0.05) is 5.16 Å². The molecule has 0 radical (unpaired) electrons. The fourth-order valence-electron chi connectivity index (χ4n) is 2.56. The molecule has 8 nitrogen and oxygen atoms in total. The number of hydrogen-bond donors (Lipinski definition) is 1. The monoisotopic (exact) mass is 358 g/mol. The Labute approximate surface area is 138 Å². The molecule has 2 aromatic rings. The van der Waals surface area contributed by atoms with Crippen molar-refractivity contribution >= 4 is 11.9 Å². The molecule has 1 atom stereocenters. The number of hydrogen-bond acceptors (Lipinski definition) is 5. The molecule has 1 fully saturated rings. The summed E-state index contributed by atoms with van der Waals surface area (Å²) in [5.74, 6) is -1.89. The first-order valence-corrected chi connectivity index (χ1v) is 7.32. The number of amides is 1. The van der Waals surface area contributed by atoms with Crippen LogP contribution in [-0.4, -0.2) is 49.9 Å². The van der Waals surface area contributed by atoms with Gasteiger partial charge in [0.15, 0.2) is 17.1 Å². The maximum atomic E-state index is 12.5. The highest BCUT2D eigenvalue weighted by Crippen LogP contribution is 2.27. The summed E-state index contributed by atoms with van der Waals surface area (Å²) in [5, 5.41) is 15.9. The highest BCUT2D eigenvalue weighted by Gasteiger charge is 2.34. The second-order valence-corrected chi connectivity index (χ2v) is 5.65. The normalized spacial score (nSPS) is 17.9. The minimum absolute atomic E-state index is 0.0239. The third-order valence-corrected chi connectivity index (χ3v) is 3.85. The highest BCUT2D eigenvalue weighted by atomic mass is 19.4. The first-order chi connectivity index (χ1) is 11.7. The van der Waals surface area contributed by atoms with E-state index < -0.39 is 29.7 Å². The molecule has 1 amide bonds. The first-order valence-electron chi connectivity index (χ1n) is 7.32. The van der Waals surface area contributed by atoms with Crippen LogP contribution < -0.4 is 0 Å². The minimum atomic E-state index is -4.54. The van der Waals surface area contributed by atoms with Gasteiger partial charge < -0.3 is 14.5 Å². The Bertz CT molecular complexity index is 798. The van der Waals surface area contributed by atoms with Crippen LogP contribution in [0.25, 0.3) is 0 Å². The van der Waals surface area contributed by atoms with Gasteiger partial charge in [0.1, 0.15) is 6.54 Å². The number of carboxylic acid groups (broad SMARTS) is 1. The Morgan fingerprint density at radius 3 is 2.76 bits per heavy atom. The predicted octanol–water partition coefficient (Wildman–Crippen LogP) is 1.48. The van der Waals surface area contributed by atoms with Gasteiger partial charge in [0.2, 0.25) is 0 Å². The van der Waals surface area contributed by atoms with Gasteiger partial charge in [-0.25, -0.2) is 0 Å². The van der Waals surface area contributed by atoms with Gasteiger partial charge in [-0.3, -0.25) is 14.3 Å². The lowest BCUT2D eigenvalue weighted by atomic mass is 10.1. The van der Waals surface area contributed by atoms with Crippen LogP contribution in [-0.2, 0) is 17.5 Å². The van der Waals surface area contributed by atoms with E-state index in [0.29, 0.717) is 13.0 Å². The van der Waals surface area contributed by atoms with Crippen molar-refractivity contribution in [2.24, 2.45) is 5.92 Å². The van der Waals surface area contributed by atoms with Crippen molar-refractivity contribution in [3.05, 3.63) is 35.5 Å². The molecule has 11 heteroatoms. The number of carbonyl (C=O) groups excluding carboxylic acids is 1. The van der Waals surface area contributed by atoms with Crippen LogP contribution in [0.4, 0.5) is 13.2 Å². The third kappa shape index (κ3) is 3.64. The highest BCUT2D eigenvalue weighted by molar-refractivity contribution is 5.92. The van der Waals surface area contributed by atoms with E-state index in [1.165, 1.54) is 11.0 Å². The molecule has 1 aliphatic rings. The molecule has 0 saturated carbocycles. The summed E-state index contributed by atoms with van der Waals surface area (Å²) < 4.78 is 43.5. The fourth-order valence-corrected chi connectivity index (χ4v) is 2.56. The van der Waals surface area contributed by atoms with E-state index in [1.54, 1.807) is 0 Å². The third-order valence-electron chi connectivity index (χ3n) is 3.85. The van der Waals surface area contributed by atoms with Crippen LogP contribution in [0.2, 0.25) is 0 Å². The molecule has 0 aromatic carbocycles. The van der Waals surface area contributed by atoms with Crippen molar-refractivity contribution < 1.29 is 32.4 Å². The molecule has 2 aromatic heterocycles.